The van der Waals surface area contributed by atoms with E-state index in [0.29, 0.717) is 5.69 Å². The number of hydrogen-bond acceptors (Lipinski definition) is 5. The predicted molar refractivity (Wildman–Crippen MR) is 124 cm³/mol. The molecule has 160 valence electrons. The van der Waals surface area contributed by atoms with Gasteiger partial charge < -0.3 is 14.6 Å². The molecule has 0 aliphatic carbocycles. The third-order valence-corrected chi connectivity index (χ3v) is 6.49. The van der Waals surface area contributed by atoms with Crippen molar-refractivity contribution in [2.45, 2.75) is 19.8 Å². The second kappa shape index (κ2) is 9.83. The molecule has 1 saturated heterocycles. The van der Waals surface area contributed by atoms with Crippen molar-refractivity contribution in [2.24, 2.45) is 5.92 Å². The molecular formula is C24H25N3O3S. The monoisotopic (exact) mass is 435 g/mol. The van der Waals surface area contributed by atoms with Crippen molar-refractivity contribution in [1.82, 2.24) is 4.98 Å². The van der Waals surface area contributed by atoms with E-state index in [4.69, 9.17) is 4.42 Å². The molecule has 1 aromatic heterocycles. The van der Waals surface area contributed by atoms with Gasteiger partial charge in [0.15, 0.2) is 6.39 Å². The van der Waals surface area contributed by atoms with Crippen LogP contribution in [0.5, 0.6) is 0 Å². The summed E-state index contributed by atoms with van der Waals surface area (Å²) in [5.74, 6) is 1.75. The van der Waals surface area contributed by atoms with Gasteiger partial charge in [0.25, 0.3) is 0 Å². The number of para-hydroxylation sites is 1. The number of aryl methyl sites for hydroxylation is 1. The highest BCUT2D eigenvalue weighted by atomic mass is 32.2. The Bertz CT molecular complexity index is 1030. The molecule has 0 unspecified atom stereocenters. The molecule has 7 heteroatoms. The van der Waals surface area contributed by atoms with Gasteiger partial charge in [-0.3, -0.25) is 9.59 Å². The minimum Gasteiger partial charge on any atom is -0.451 e. The molecule has 3 aromatic rings. The van der Waals surface area contributed by atoms with Gasteiger partial charge in [0.1, 0.15) is 18.5 Å². The summed E-state index contributed by atoms with van der Waals surface area (Å²) in [5.41, 5.74) is 4.08. The van der Waals surface area contributed by atoms with E-state index in [-0.39, 0.29) is 24.3 Å². The second-order valence-electron chi connectivity index (χ2n) is 7.60. The Balaban J connectivity index is 1.49. The van der Waals surface area contributed by atoms with E-state index in [0.717, 1.165) is 46.9 Å². The lowest BCUT2D eigenvalue weighted by Gasteiger charge is -2.30. The Morgan fingerprint density at radius 3 is 2.55 bits per heavy atom. The Labute approximate surface area is 186 Å². The summed E-state index contributed by atoms with van der Waals surface area (Å²) in [6, 6.07) is 15.1. The maximum atomic E-state index is 13.3. The number of hydrogen-bond donors (Lipinski definition) is 1. The average molecular weight is 436 g/mol. The molecular weight excluding hydrogens is 410 g/mol. The maximum absolute atomic E-state index is 13.3. The second-order valence-corrected chi connectivity index (χ2v) is 8.82. The maximum Gasteiger partial charge on any atom is 0.244 e. The molecule has 4 rings (SSSR count). The molecule has 2 amide bonds. The number of nitrogens with zero attached hydrogens (tertiary/aromatic N) is 2. The Hall–Kier alpha value is -3.06. The third-order valence-electron chi connectivity index (χ3n) is 5.44. The number of aromatic nitrogens is 1. The summed E-state index contributed by atoms with van der Waals surface area (Å²) < 4.78 is 5.01. The molecule has 1 fully saturated rings. The van der Waals surface area contributed by atoms with Crippen molar-refractivity contribution >= 4 is 35.0 Å². The van der Waals surface area contributed by atoms with Crippen LogP contribution >= 0.6 is 11.8 Å². The Morgan fingerprint density at radius 2 is 1.87 bits per heavy atom. The van der Waals surface area contributed by atoms with Crippen LogP contribution in [0.4, 0.5) is 11.4 Å². The van der Waals surface area contributed by atoms with E-state index in [9.17, 15) is 9.59 Å². The Kier molecular flexibility index (Phi) is 6.72. The highest BCUT2D eigenvalue weighted by molar-refractivity contribution is 7.99. The molecule has 0 bridgehead atoms. The third kappa shape index (κ3) is 5.17. The molecule has 2 aromatic carbocycles. The minimum atomic E-state index is -0.226. The van der Waals surface area contributed by atoms with Crippen LogP contribution in [-0.2, 0) is 9.59 Å². The normalized spacial score (nSPS) is 14.2. The Morgan fingerprint density at radius 1 is 1.13 bits per heavy atom. The first kappa shape index (κ1) is 21.2. The summed E-state index contributed by atoms with van der Waals surface area (Å²) in [6.07, 6.45) is 4.67. The van der Waals surface area contributed by atoms with E-state index < -0.39 is 0 Å². The number of carbonyl (C=O) groups is 2. The van der Waals surface area contributed by atoms with Gasteiger partial charge >= 0.3 is 0 Å². The first-order valence-electron chi connectivity index (χ1n) is 10.3. The van der Waals surface area contributed by atoms with Crippen molar-refractivity contribution in [1.29, 1.82) is 0 Å². The largest absolute Gasteiger partial charge is 0.451 e. The molecule has 1 aliphatic heterocycles. The summed E-state index contributed by atoms with van der Waals surface area (Å²) >= 11 is 1.88. The lowest BCUT2D eigenvalue weighted by atomic mass is 10.00. The molecule has 0 radical (unpaired) electrons. The number of benzene rings is 2. The highest BCUT2D eigenvalue weighted by Crippen LogP contribution is 2.28. The number of thioether (sulfide) groups is 1. The van der Waals surface area contributed by atoms with Crippen LogP contribution in [-0.4, -0.2) is 34.8 Å². The standard InChI is InChI=1S/C24H25N3O3S/c1-17-4-2-3-5-22(17)27(24(29)19-10-12-31-13-11-19)14-23(28)26-20-8-6-18(7-9-20)21-15-30-16-25-21/h2-9,15-16,19H,10-14H2,1H3,(H,26,28). The summed E-state index contributed by atoms with van der Waals surface area (Å²) in [7, 11) is 0. The molecule has 0 spiro atoms. The summed E-state index contributed by atoms with van der Waals surface area (Å²) in [4.78, 5) is 32.0. The van der Waals surface area contributed by atoms with E-state index in [1.54, 1.807) is 11.2 Å². The minimum absolute atomic E-state index is 0.0155. The van der Waals surface area contributed by atoms with E-state index >= 15 is 0 Å². The first-order chi connectivity index (χ1) is 15.1. The van der Waals surface area contributed by atoms with Gasteiger partial charge in [-0.15, -0.1) is 0 Å². The van der Waals surface area contributed by atoms with E-state index in [1.807, 2.05) is 67.2 Å². The number of rotatable bonds is 6. The van der Waals surface area contributed by atoms with E-state index in [2.05, 4.69) is 10.3 Å². The van der Waals surface area contributed by atoms with Gasteiger partial charge in [0, 0.05) is 22.9 Å². The average Bonchev–Trinajstić information content (AvgIpc) is 3.34. The zero-order valence-electron chi connectivity index (χ0n) is 17.4. The van der Waals surface area contributed by atoms with E-state index in [1.165, 1.54) is 6.39 Å². The van der Waals surface area contributed by atoms with Gasteiger partial charge in [-0.25, -0.2) is 4.98 Å². The SMILES string of the molecule is Cc1ccccc1N(CC(=O)Nc1ccc(-c2cocn2)cc1)C(=O)C1CCSCC1. The number of oxazole rings is 1. The van der Waals surface area contributed by atoms with Crippen molar-refractivity contribution in [3.63, 3.8) is 0 Å². The fourth-order valence-corrected chi connectivity index (χ4v) is 4.84. The van der Waals surface area contributed by atoms with Crippen LogP contribution in [0.3, 0.4) is 0 Å². The van der Waals surface area contributed by atoms with Crippen molar-refractivity contribution in [3.05, 3.63) is 66.8 Å². The zero-order valence-corrected chi connectivity index (χ0v) is 18.2. The zero-order chi connectivity index (χ0) is 21.6. The predicted octanol–water partition coefficient (Wildman–Crippen LogP) is 4.76. The number of amides is 2. The molecule has 0 atom stereocenters. The summed E-state index contributed by atoms with van der Waals surface area (Å²) in [6.45, 7) is 1.95. The number of carbonyl (C=O) groups excluding carboxylic acids is 2. The van der Waals surface area contributed by atoms with Gasteiger partial charge in [-0.2, -0.15) is 11.8 Å². The molecule has 6 nitrogen and oxygen atoms in total. The number of anilines is 2. The molecule has 1 aliphatic rings. The lowest BCUT2D eigenvalue weighted by Crippen LogP contribution is -2.42. The fourth-order valence-electron chi connectivity index (χ4n) is 3.74. The quantitative estimate of drug-likeness (QED) is 0.604. The molecule has 31 heavy (non-hydrogen) atoms. The molecule has 2 heterocycles. The van der Waals surface area contributed by atoms with Crippen molar-refractivity contribution < 1.29 is 14.0 Å². The first-order valence-corrected chi connectivity index (χ1v) is 11.5. The fraction of sp³-hybridized carbons (Fsp3) is 0.292. The number of nitrogens with one attached hydrogen (secondary N) is 1. The molecule has 1 N–H and O–H groups in total. The molecule has 0 saturated carbocycles. The van der Waals surface area contributed by atoms with Crippen LogP contribution < -0.4 is 10.2 Å². The smallest absolute Gasteiger partial charge is 0.244 e. The highest BCUT2D eigenvalue weighted by Gasteiger charge is 2.29. The van der Waals surface area contributed by atoms with Crippen LogP contribution in [0.25, 0.3) is 11.3 Å². The van der Waals surface area contributed by atoms with Crippen molar-refractivity contribution in [2.75, 3.05) is 28.3 Å². The van der Waals surface area contributed by atoms with Gasteiger partial charge in [0.05, 0.1) is 0 Å². The van der Waals surface area contributed by atoms with Crippen LogP contribution in [0, 0.1) is 12.8 Å². The topological polar surface area (TPSA) is 75.4 Å². The summed E-state index contributed by atoms with van der Waals surface area (Å²) in [5, 5.41) is 2.91. The van der Waals surface area contributed by atoms with Crippen molar-refractivity contribution in [3.8, 4) is 11.3 Å². The van der Waals surface area contributed by atoms with Crippen LogP contribution in [0.15, 0.2) is 65.6 Å². The lowest BCUT2D eigenvalue weighted by molar-refractivity contribution is -0.124. The van der Waals surface area contributed by atoms with Gasteiger partial charge in [0.2, 0.25) is 11.8 Å². The van der Waals surface area contributed by atoms with Crippen LogP contribution in [0.2, 0.25) is 0 Å². The van der Waals surface area contributed by atoms with Crippen LogP contribution in [0.1, 0.15) is 18.4 Å². The van der Waals surface area contributed by atoms with Gasteiger partial charge in [-0.1, -0.05) is 30.3 Å². The van der Waals surface area contributed by atoms with Gasteiger partial charge in [-0.05, 0) is 55.0 Å².